The fourth-order valence-corrected chi connectivity index (χ4v) is 2.13. The molecule has 1 unspecified atom stereocenters. The van der Waals surface area contributed by atoms with Crippen molar-refractivity contribution in [1.29, 1.82) is 0 Å². The van der Waals surface area contributed by atoms with Crippen LogP contribution in [0.4, 0.5) is 0 Å². The van der Waals surface area contributed by atoms with Gasteiger partial charge in [-0.25, -0.2) is 0 Å². The third-order valence-corrected chi connectivity index (χ3v) is 3.80. The Morgan fingerprint density at radius 1 is 1.33 bits per heavy atom. The Bertz CT molecular complexity index is 400. The summed E-state index contributed by atoms with van der Waals surface area (Å²) < 4.78 is 0. The number of unbranched alkanes of at least 4 members (excludes halogenated alkanes) is 1. The summed E-state index contributed by atoms with van der Waals surface area (Å²) in [6.45, 7) is 3.29. The van der Waals surface area contributed by atoms with Crippen LogP contribution < -0.4 is 16.4 Å². The molecule has 1 amide bonds. The fourth-order valence-electron chi connectivity index (χ4n) is 2.00. The maximum Gasteiger partial charge on any atom is 0.237 e. The van der Waals surface area contributed by atoms with E-state index in [1.165, 1.54) is 0 Å². The van der Waals surface area contributed by atoms with Crippen LogP contribution in [-0.2, 0) is 11.3 Å². The topological polar surface area (TPSA) is 67.1 Å². The number of thiol groups is 1. The van der Waals surface area contributed by atoms with Gasteiger partial charge < -0.3 is 16.4 Å². The lowest BCUT2D eigenvalue weighted by molar-refractivity contribution is -0.123. The number of hydrogen-bond acceptors (Lipinski definition) is 4. The number of amides is 1. The third kappa shape index (κ3) is 7.50. The normalized spacial score (nSPS) is 13.7. The maximum atomic E-state index is 12.3. The van der Waals surface area contributed by atoms with Crippen molar-refractivity contribution in [3.8, 4) is 0 Å². The average molecular weight is 309 g/mol. The van der Waals surface area contributed by atoms with Crippen LogP contribution in [0.1, 0.15) is 31.7 Å². The van der Waals surface area contributed by atoms with E-state index >= 15 is 0 Å². The largest absolute Gasteiger partial charge is 0.351 e. The molecule has 1 aromatic carbocycles. The van der Waals surface area contributed by atoms with Crippen molar-refractivity contribution in [1.82, 2.24) is 10.6 Å². The summed E-state index contributed by atoms with van der Waals surface area (Å²) in [5.41, 5.74) is 6.95. The second kappa shape index (κ2) is 10.7. The van der Waals surface area contributed by atoms with Crippen molar-refractivity contribution in [2.75, 3.05) is 12.3 Å². The molecule has 118 valence electrons. The van der Waals surface area contributed by atoms with Gasteiger partial charge in [0, 0.05) is 24.9 Å². The van der Waals surface area contributed by atoms with Gasteiger partial charge in [0.25, 0.3) is 0 Å². The first-order valence-electron chi connectivity index (χ1n) is 7.58. The molecule has 0 aliphatic rings. The second-order valence-electron chi connectivity index (χ2n) is 5.25. The molecule has 0 aromatic heterocycles. The Hall–Kier alpha value is -1.04. The van der Waals surface area contributed by atoms with E-state index in [2.05, 4.69) is 30.2 Å². The molecular weight excluding hydrogens is 282 g/mol. The average Bonchev–Trinajstić information content (AvgIpc) is 2.53. The van der Waals surface area contributed by atoms with Crippen molar-refractivity contribution in [2.24, 2.45) is 5.73 Å². The number of nitrogens with one attached hydrogen (secondary N) is 2. The van der Waals surface area contributed by atoms with Crippen LogP contribution >= 0.6 is 12.6 Å². The molecule has 0 bridgehead atoms. The monoisotopic (exact) mass is 309 g/mol. The van der Waals surface area contributed by atoms with Gasteiger partial charge >= 0.3 is 0 Å². The zero-order valence-electron chi connectivity index (χ0n) is 12.7. The Labute approximate surface area is 133 Å². The quantitative estimate of drug-likeness (QED) is 0.497. The lowest BCUT2D eigenvalue weighted by Gasteiger charge is -2.20. The minimum Gasteiger partial charge on any atom is -0.351 e. The van der Waals surface area contributed by atoms with Gasteiger partial charge in [-0.05, 0) is 12.0 Å². The molecular formula is C16H27N3OS. The molecule has 0 saturated carbocycles. The molecule has 0 aliphatic carbocycles. The molecule has 1 rings (SSSR count). The zero-order valence-corrected chi connectivity index (χ0v) is 13.6. The highest BCUT2D eigenvalue weighted by Gasteiger charge is 2.17. The summed E-state index contributed by atoms with van der Waals surface area (Å²) in [7, 11) is 0. The number of benzene rings is 1. The summed E-state index contributed by atoms with van der Waals surface area (Å²) in [4.78, 5) is 12.3. The molecule has 0 heterocycles. The summed E-state index contributed by atoms with van der Waals surface area (Å²) >= 11 is 4.16. The van der Waals surface area contributed by atoms with Crippen molar-refractivity contribution in [3.63, 3.8) is 0 Å². The van der Waals surface area contributed by atoms with Gasteiger partial charge in [-0.3, -0.25) is 4.79 Å². The van der Waals surface area contributed by atoms with Crippen molar-refractivity contribution in [3.05, 3.63) is 35.9 Å². The van der Waals surface area contributed by atoms with Crippen LogP contribution in [0.3, 0.4) is 0 Å². The molecule has 0 spiro atoms. The summed E-state index contributed by atoms with van der Waals surface area (Å²) in [5.74, 6) is 0.651. The van der Waals surface area contributed by atoms with Gasteiger partial charge in [0.1, 0.15) is 0 Å². The molecule has 0 radical (unpaired) electrons. The third-order valence-electron chi connectivity index (χ3n) is 3.33. The highest BCUT2D eigenvalue weighted by Crippen LogP contribution is 2.03. The highest BCUT2D eigenvalue weighted by molar-refractivity contribution is 7.80. The Morgan fingerprint density at radius 2 is 2.05 bits per heavy atom. The van der Waals surface area contributed by atoms with E-state index in [1.807, 2.05) is 30.3 Å². The van der Waals surface area contributed by atoms with Crippen molar-refractivity contribution < 1.29 is 4.79 Å². The van der Waals surface area contributed by atoms with E-state index < -0.39 is 0 Å². The molecule has 0 aliphatic heterocycles. The van der Waals surface area contributed by atoms with E-state index in [-0.39, 0.29) is 18.0 Å². The second-order valence-corrected chi connectivity index (χ2v) is 5.61. The summed E-state index contributed by atoms with van der Waals surface area (Å²) in [6.07, 6.45) is 2.92. The van der Waals surface area contributed by atoms with Gasteiger partial charge in [-0.2, -0.15) is 12.6 Å². The van der Waals surface area contributed by atoms with Gasteiger partial charge in [0.2, 0.25) is 5.91 Å². The van der Waals surface area contributed by atoms with Crippen LogP contribution in [-0.4, -0.2) is 30.3 Å². The fraction of sp³-hybridized carbons (Fsp3) is 0.562. The predicted octanol–water partition coefficient (Wildman–Crippen LogP) is 1.71. The molecule has 5 heteroatoms. The Morgan fingerprint density at radius 3 is 2.67 bits per heavy atom. The predicted molar refractivity (Wildman–Crippen MR) is 91.4 cm³/mol. The standard InChI is InChI=1S/C16H27N3OS/c1-2-3-9-15(18-11-14(17)12-21)16(20)19-10-13-7-5-4-6-8-13/h4-8,14-15,18,21H,2-3,9-12,17H2,1H3,(H,19,20)/t14?,15-/m0/s1. The SMILES string of the molecule is CCCC[C@H](NCC(N)CS)C(=O)NCc1ccccc1. The molecule has 0 saturated heterocycles. The van der Waals surface area contributed by atoms with Crippen LogP contribution in [0.2, 0.25) is 0 Å². The van der Waals surface area contributed by atoms with Gasteiger partial charge in [0.05, 0.1) is 6.04 Å². The van der Waals surface area contributed by atoms with Crippen LogP contribution in [0, 0.1) is 0 Å². The first kappa shape index (κ1) is 18.0. The zero-order chi connectivity index (χ0) is 15.5. The molecule has 4 N–H and O–H groups in total. The number of carbonyl (C=O) groups is 1. The first-order chi connectivity index (χ1) is 10.2. The minimum absolute atomic E-state index is 0.0283. The number of nitrogens with two attached hydrogens (primary N) is 1. The van der Waals surface area contributed by atoms with E-state index in [0.717, 1.165) is 24.8 Å². The smallest absolute Gasteiger partial charge is 0.237 e. The Balaban J connectivity index is 2.45. The van der Waals surface area contributed by atoms with Gasteiger partial charge in [-0.1, -0.05) is 50.1 Å². The highest BCUT2D eigenvalue weighted by atomic mass is 32.1. The van der Waals surface area contributed by atoms with E-state index in [1.54, 1.807) is 0 Å². The lowest BCUT2D eigenvalue weighted by atomic mass is 10.1. The van der Waals surface area contributed by atoms with E-state index in [9.17, 15) is 4.79 Å². The molecule has 2 atom stereocenters. The first-order valence-corrected chi connectivity index (χ1v) is 8.22. The number of carbonyl (C=O) groups excluding carboxylic acids is 1. The minimum atomic E-state index is -0.181. The molecule has 21 heavy (non-hydrogen) atoms. The summed E-state index contributed by atoms with van der Waals surface area (Å²) in [5, 5.41) is 6.24. The van der Waals surface area contributed by atoms with E-state index in [4.69, 9.17) is 5.73 Å². The van der Waals surface area contributed by atoms with Crippen LogP contribution in [0.15, 0.2) is 30.3 Å². The maximum absolute atomic E-state index is 12.3. The van der Waals surface area contributed by atoms with Crippen LogP contribution in [0.25, 0.3) is 0 Å². The molecule has 0 fully saturated rings. The van der Waals surface area contributed by atoms with Crippen LogP contribution in [0.5, 0.6) is 0 Å². The van der Waals surface area contributed by atoms with Crippen molar-refractivity contribution >= 4 is 18.5 Å². The van der Waals surface area contributed by atoms with E-state index in [0.29, 0.717) is 18.8 Å². The lowest BCUT2D eigenvalue weighted by Crippen LogP contribution is -2.48. The summed E-state index contributed by atoms with van der Waals surface area (Å²) in [6, 6.07) is 9.71. The number of hydrogen-bond donors (Lipinski definition) is 4. The molecule has 4 nitrogen and oxygen atoms in total. The Kier molecular flexibility index (Phi) is 9.14. The van der Waals surface area contributed by atoms with Crippen molar-refractivity contribution in [2.45, 2.75) is 44.8 Å². The molecule has 1 aromatic rings. The van der Waals surface area contributed by atoms with Gasteiger partial charge in [-0.15, -0.1) is 0 Å². The van der Waals surface area contributed by atoms with Gasteiger partial charge in [0.15, 0.2) is 0 Å². The number of rotatable bonds is 10.